The second-order valence-electron chi connectivity index (χ2n) is 3.25. The van der Waals surface area contributed by atoms with Crippen LogP contribution < -0.4 is 0 Å². The highest BCUT2D eigenvalue weighted by Gasteiger charge is 2.04. The minimum atomic E-state index is 0.230. The molecular weight excluding hydrogens is 176 g/mol. The molecule has 0 radical (unpaired) electrons. The Balaban J connectivity index is 2.38. The van der Waals surface area contributed by atoms with E-state index in [1.807, 2.05) is 35.8 Å². The third-order valence-electron chi connectivity index (χ3n) is 2.27. The monoisotopic (exact) mass is 188 g/mol. The number of nitrogens with zero attached hydrogens (tertiary/aromatic N) is 2. The zero-order valence-corrected chi connectivity index (χ0v) is 8.10. The maximum atomic E-state index is 11.3. The Labute approximate surface area is 82.4 Å². The first-order valence-electron chi connectivity index (χ1n) is 4.73. The number of rotatable bonds is 3. The van der Waals surface area contributed by atoms with Crippen LogP contribution in [0.5, 0.6) is 0 Å². The van der Waals surface area contributed by atoms with Gasteiger partial charge in [0.05, 0.1) is 23.9 Å². The Morgan fingerprint density at radius 2 is 2.21 bits per heavy atom. The summed E-state index contributed by atoms with van der Waals surface area (Å²) in [4.78, 5) is 15.5. The van der Waals surface area contributed by atoms with Crippen LogP contribution in [0.2, 0.25) is 0 Å². The molecule has 1 aromatic heterocycles. The maximum absolute atomic E-state index is 11.3. The van der Waals surface area contributed by atoms with Crippen molar-refractivity contribution >= 4 is 16.8 Å². The van der Waals surface area contributed by atoms with Gasteiger partial charge in [-0.25, -0.2) is 4.98 Å². The number of imidazole rings is 1. The summed E-state index contributed by atoms with van der Waals surface area (Å²) in [6.45, 7) is 2.30. The van der Waals surface area contributed by atoms with E-state index < -0.39 is 0 Å². The van der Waals surface area contributed by atoms with Gasteiger partial charge in [-0.05, 0) is 12.1 Å². The standard InChI is InChI=1S/C11H12N2O/c1-2-9(14)7-13-8-12-10-5-3-4-6-11(10)13/h3-6,8H,2,7H2,1H3. The van der Waals surface area contributed by atoms with Crippen LogP contribution in [0.15, 0.2) is 30.6 Å². The van der Waals surface area contributed by atoms with E-state index >= 15 is 0 Å². The molecule has 14 heavy (non-hydrogen) atoms. The third-order valence-corrected chi connectivity index (χ3v) is 2.27. The van der Waals surface area contributed by atoms with Gasteiger partial charge in [-0.3, -0.25) is 4.79 Å². The van der Waals surface area contributed by atoms with Crippen molar-refractivity contribution in [3.05, 3.63) is 30.6 Å². The van der Waals surface area contributed by atoms with Crippen LogP contribution >= 0.6 is 0 Å². The van der Waals surface area contributed by atoms with Crippen molar-refractivity contribution in [2.45, 2.75) is 19.9 Å². The maximum Gasteiger partial charge on any atom is 0.152 e. The van der Waals surface area contributed by atoms with Crippen LogP contribution in [-0.2, 0) is 11.3 Å². The minimum absolute atomic E-state index is 0.230. The van der Waals surface area contributed by atoms with Gasteiger partial charge in [-0.15, -0.1) is 0 Å². The first kappa shape index (κ1) is 8.94. The van der Waals surface area contributed by atoms with Crippen LogP contribution in [0.3, 0.4) is 0 Å². The molecule has 3 nitrogen and oxygen atoms in total. The second kappa shape index (κ2) is 3.62. The third kappa shape index (κ3) is 1.53. The average Bonchev–Trinajstić information content (AvgIpc) is 2.62. The molecule has 72 valence electrons. The zero-order valence-electron chi connectivity index (χ0n) is 8.10. The largest absolute Gasteiger partial charge is 0.323 e. The van der Waals surface area contributed by atoms with E-state index in [1.165, 1.54) is 0 Å². The Hall–Kier alpha value is -1.64. The van der Waals surface area contributed by atoms with Gasteiger partial charge < -0.3 is 4.57 Å². The molecular formula is C11H12N2O. The summed E-state index contributed by atoms with van der Waals surface area (Å²) in [6, 6.07) is 7.83. The van der Waals surface area contributed by atoms with E-state index in [4.69, 9.17) is 0 Å². The Bertz CT molecular complexity index is 459. The molecule has 0 fully saturated rings. The molecule has 0 saturated carbocycles. The molecule has 0 atom stereocenters. The summed E-state index contributed by atoms with van der Waals surface area (Å²) >= 11 is 0. The van der Waals surface area contributed by atoms with Crippen molar-refractivity contribution in [2.75, 3.05) is 0 Å². The molecule has 0 saturated heterocycles. The van der Waals surface area contributed by atoms with Gasteiger partial charge in [0, 0.05) is 6.42 Å². The van der Waals surface area contributed by atoms with Crippen LogP contribution in [0.1, 0.15) is 13.3 Å². The zero-order chi connectivity index (χ0) is 9.97. The van der Waals surface area contributed by atoms with E-state index in [1.54, 1.807) is 6.33 Å². The van der Waals surface area contributed by atoms with Gasteiger partial charge in [0.1, 0.15) is 0 Å². The van der Waals surface area contributed by atoms with Gasteiger partial charge in [0.15, 0.2) is 5.78 Å². The molecule has 0 bridgehead atoms. The minimum Gasteiger partial charge on any atom is -0.323 e. The molecule has 1 aromatic carbocycles. The number of Topliss-reactive ketones (excluding diaryl/α,β-unsaturated/α-hetero) is 1. The van der Waals surface area contributed by atoms with Crippen molar-refractivity contribution in [1.82, 2.24) is 9.55 Å². The Morgan fingerprint density at radius 3 is 3.00 bits per heavy atom. The number of hydrogen-bond donors (Lipinski definition) is 0. The van der Waals surface area contributed by atoms with E-state index in [0.29, 0.717) is 13.0 Å². The van der Waals surface area contributed by atoms with Crippen molar-refractivity contribution in [3.8, 4) is 0 Å². The van der Waals surface area contributed by atoms with Crippen LogP contribution in [0, 0.1) is 0 Å². The van der Waals surface area contributed by atoms with Gasteiger partial charge in [0.25, 0.3) is 0 Å². The van der Waals surface area contributed by atoms with E-state index in [0.717, 1.165) is 11.0 Å². The fraction of sp³-hybridized carbons (Fsp3) is 0.273. The number of ketones is 1. The average molecular weight is 188 g/mol. The highest BCUT2D eigenvalue weighted by molar-refractivity contribution is 5.81. The molecule has 0 aliphatic rings. The molecule has 2 aromatic rings. The number of hydrogen-bond acceptors (Lipinski definition) is 2. The summed E-state index contributed by atoms with van der Waals surface area (Å²) in [5.41, 5.74) is 1.96. The summed E-state index contributed by atoms with van der Waals surface area (Å²) in [5.74, 6) is 0.230. The van der Waals surface area contributed by atoms with E-state index in [-0.39, 0.29) is 5.78 Å². The molecule has 0 aliphatic heterocycles. The smallest absolute Gasteiger partial charge is 0.152 e. The molecule has 2 rings (SSSR count). The van der Waals surface area contributed by atoms with E-state index in [2.05, 4.69) is 4.98 Å². The first-order valence-corrected chi connectivity index (χ1v) is 4.73. The number of carbonyl (C=O) groups excluding carboxylic acids is 1. The predicted molar refractivity (Wildman–Crippen MR) is 55.0 cm³/mol. The molecule has 0 unspecified atom stereocenters. The topological polar surface area (TPSA) is 34.9 Å². The quantitative estimate of drug-likeness (QED) is 0.738. The lowest BCUT2D eigenvalue weighted by Gasteiger charge is -2.00. The fourth-order valence-electron chi connectivity index (χ4n) is 1.44. The summed E-state index contributed by atoms with van der Waals surface area (Å²) < 4.78 is 1.89. The first-order chi connectivity index (χ1) is 6.81. The number of benzene rings is 1. The number of aromatic nitrogens is 2. The highest BCUT2D eigenvalue weighted by atomic mass is 16.1. The van der Waals surface area contributed by atoms with E-state index in [9.17, 15) is 4.79 Å². The predicted octanol–water partition coefficient (Wildman–Crippen LogP) is 2.02. The molecule has 0 spiro atoms. The van der Waals surface area contributed by atoms with Crippen LogP contribution in [0.4, 0.5) is 0 Å². The number of carbonyl (C=O) groups is 1. The lowest BCUT2D eigenvalue weighted by Crippen LogP contribution is -2.07. The normalized spacial score (nSPS) is 10.6. The second-order valence-corrected chi connectivity index (χ2v) is 3.25. The van der Waals surface area contributed by atoms with Gasteiger partial charge >= 0.3 is 0 Å². The van der Waals surface area contributed by atoms with Crippen molar-refractivity contribution < 1.29 is 4.79 Å². The molecule has 0 N–H and O–H groups in total. The lowest BCUT2D eigenvalue weighted by atomic mass is 10.3. The summed E-state index contributed by atoms with van der Waals surface area (Å²) in [5, 5.41) is 0. The summed E-state index contributed by atoms with van der Waals surface area (Å²) in [7, 11) is 0. The molecule has 1 heterocycles. The van der Waals surface area contributed by atoms with Crippen molar-refractivity contribution in [2.24, 2.45) is 0 Å². The summed E-state index contributed by atoms with van der Waals surface area (Å²) in [6.07, 6.45) is 2.30. The van der Waals surface area contributed by atoms with Crippen LogP contribution in [-0.4, -0.2) is 15.3 Å². The van der Waals surface area contributed by atoms with Crippen LogP contribution in [0.25, 0.3) is 11.0 Å². The van der Waals surface area contributed by atoms with Crippen molar-refractivity contribution in [3.63, 3.8) is 0 Å². The lowest BCUT2D eigenvalue weighted by molar-refractivity contribution is -0.119. The number of fused-ring (bicyclic) bond motifs is 1. The molecule has 0 amide bonds. The molecule has 0 aliphatic carbocycles. The van der Waals surface area contributed by atoms with Gasteiger partial charge in [-0.2, -0.15) is 0 Å². The SMILES string of the molecule is CCC(=O)Cn1cnc2ccccc21. The fourth-order valence-corrected chi connectivity index (χ4v) is 1.44. The Morgan fingerprint density at radius 1 is 1.43 bits per heavy atom. The Kier molecular flexibility index (Phi) is 2.31. The van der Waals surface area contributed by atoms with Gasteiger partial charge in [0.2, 0.25) is 0 Å². The van der Waals surface area contributed by atoms with Crippen molar-refractivity contribution in [1.29, 1.82) is 0 Å². The molecule has 3 heteroatoms. The van der Waals surface area contributed by atoms with Gasteiger partial charge in [-0.1, -0.05) is 19.1 Å². The number of para-hydroxylation sites is 2. The highest BCUT2D eigenvalue weighted by Crippen LogP contribution is 2.11.